The van der Waals surface area contributed by atoms with Crippen molar-refractivity contribution in [1.29, 1.82) is 0 Å². The third-order valence-electron chi connectivity index (χ3n) is 4.50. The zero-order chi connectivity index (χ0) is 20.6. The van der Waals surface area contributed by atoms with Crippen molar-refractivity contribution < 1.29 is 9.53 Å². The fourth-order valence-electron chi connectivity index (χ4n) is 2.96. The molecule has 3 rings (SSSR count). The number of thioether (sulfide) groups is 1. The van der Waals surface area contributed by atoms with Gasteiger partial charge in [0.1, 0.15) is 5.75 Å². The van der Waals surface area contributed by atoms with E-state index in [-0.39, 0.29) is 5.91 Å². The number of nitrogens with one attached hydrogen (secondary N) is 1. The maximum atomic E-state index is 12.6. The van der Waals surface area contributed by atoms with Crippen molar-refractivity contribution in [1.82, 2.24) is 5.32 Å². The molecule has 0 unspecified atom stereocenters. The Morgan fingerprint density at radius 1 is 1.10 bits per heavy atom. The molecule has 0 aromatic heterocycles. The summed E-state index contributed by atoms with van der Waals surface area (Å²) in [5, 5.41) is 6.38. The Morgan fingerprint density at radius 2 is 1.90 bits per heavy atom. The first-order chi connectivity index (χ1) is 14.1. The van der Waals surface area contributed by atoms with Crippen molar-refractivity contribution in [2.24, 2.45) is 0 Å². The molecule has 3 aromatic rings. The summed E-state index contributed by atoms with van der Waals surface area (Å²) in [5.41, 5.74) is 1.04. The largest absolute Gasteiger partial charge is 0.480 e. The zero-order valence-corrected chi connectivity index (χ0v) is 18.5. The van der Waals surface area contributed by atoms with Crippen LogP contribution < -0.4 is 10.1 Å². The predicted octanol–water partition coefficient (Wildman–Crippen LogP) is 6.35. The smallest absolute Gasteiger partial charge is 0.261 e. The van der Waals surface area contributed by atoms with Gasteiger partial charge in [-0.25, -0.2) is 0 Å². The Labute approximate surface area is 185 Å². The summed E-state index contributed by atoms with van der Waals surface area (Å²) in [6.07, 6.45) is 0.0827. The predicted molar refractivity (Wildman–Crippen MR) is 124 cm³/mol. The van der Waals surface area contributed by atoms with Gasteiger partial charge in [0.05, 0.1) is 0 Å². The molecule has 152 valence electrons. The Kier molecular flexibility index (Phi) is 8.10. The van der Waals surface area contributed by atoms with Crippen molar-refractivity contribution in [3.8, 4) is 5.75 Å². The van der Waals surface area contributed by atoms with Crippen molar-refractivity contribution in [2.45, 2.75) is 25.2 Å². The van der Waals surface area contributed by atoms with Crippen molar-refractivity contribution in [3.63, 3.8) is 0 Å². The molecule has 1 amide bonds. The number of carbonyl (C=O) groups excluding carboxylic acids is 1. The van der Waals surface area contributed by atoms with E-state index in [2.05, 4.69) is 5.32 Å². The van der Waals surface area contributed by atoms with Crippen LogP contribution >= 0.6 is 35.0 Å². The topological polar surface area (TPSA) is 38.3 Å². The maximum Gasteiger partial charge on any atom is 0.261 e. The van der Waals surface area contributed by atoms with E-state index in [0.717, 1.165) is 33.6 Å². The fourth-order valence-corrected chi connectivity index (χ4v) is 4.37. The molecule has 6 heteroatoms. The van der Waals surface area contributed by atoms with E-state index in [1.807, 2.05) is 61.5 Å². The number of amides is 1. The minimum atomic E-state index is -0.517. The number of fused-ring (bicyclic) bond motifs is 1. The van der Waals surface area contributed by atoms with Gasteiger partial charge in [-0.05, 0) is 35.6 Å². The first kappa shape index (κ1) is 21.8. The minimum absolute atomic E-state index is 0.0921. The second kappa shape index (κ2) is 10.8. The van der Waals surface area contributed by atoms with Gasteiger partial charge < -0.3 is 10.1 Å². The summed E-state index contributed by atoms with van der Waals surface area (Å²) in [5.74, 6) is 2.20. The molecule has 0 bridgehead atoms. The number of ether oxygens (including phenoxy) is 1. The van der Waals surface area contributed by atoms with Gasteiger partial charge in [-0.2, -0.15) is 11.8 Å². The van der Waals surface area contributed by atoms with Crippen molar-refractivity contribution >= 4 is 51.6 Å². The molecular weight excluding hydrogens is 425 g/mol. The summed E-state index contributed by atoms with van der Waals surface area (Å²) in [4.78, 5) is 12.6. The van der Waals surface area contributed by atoms with Crippen LogP contribution in [0.5, 0.6) is 5.75 Å². The van der Waals surface area contributed by atoms with E-state index in [1.54, 1.807) is 17.8 Å². The summed E-state index contributed by atoms with van der Waals surface area (Å²) in [6.45, 7) is 2.52. The molecule has 0 spiro atoms. The normalized spacial score (nSPS) is 12.0. The highest BCUT2D eigenvalue weighted by Crippen LogP contribution is 2.27. The number of rotatable bonds is 9. The molecule has 3 aromatic carbocycles. The molecule has 3 nitrogen and oxygen atoms in total. The van der Waals surface area contributed by atoms with Gasteiger partial charge in [-0.15, -0.1) is 0 Å². The SMILES string of the molecule is CC[C@@H](Oc1cccc2ccccc12)C(=O)NCCSCc1ccc(Cl)cc1Cl. The van der Waals surface area contributed by atoms with Gasteiger partial charge in [-0.3, -0.25) is 4.79 Å². The van der Waals surface area contributed by atoms with Gasteiger partial charge in [0.15, 0.2) is 6.10 Å². The number of benzene rings is 3. The van der Waals surface area contributed by atoms with Gasteiger partial charge in [0.25, 0.3) is 5.91 Å². The van der Waals surface area contributed by atoms with Crippen LogP contribution in [-0.2, 0) is 10.5 Å². The van der Waals surface area contributed by atoms with Crippen molar-refractivity contribution in [2.75, 3.05) is 12.3 Å². The van der Waals surface area contributed by atoms with Crippen LogP contribution in [-0.4, -0.2) is 24.3 Å². The van der Waals surface area contributed by atoms with E-state index < -0.39 is 6.10 Å². The molecule has 0 aliphatic carbocycles. The number of halogens is 2. The summed E-state index contributed by atoms with van der Waals surface area (Å²) in [7, 11) is 0. The third-order valence-corrected chi connectivity index (χ3v) is 6.10. The van der Waals surface area contributed by atoms with Crippen LogP contribution in [0.4, 0.5) is 0 Å². The molecule has 0 saturated carbocycles. The number of hydrogen-bond acceptors (Lipinski definition) is 3. The molecule has 0 aliphatic rings. The standard InChI is InChI=1S/C23H23Cl2NO2S/c1-2-21(28-22-9-5-7-16-6-3-4-8-19(16)22)23(27)26-12-13-29-15-17-10-11-18(24)14-20(17)25/h3-11,14,21H,2,12-13,15H2,1H3,(H,26,27)/t21-/m1/s1. The molecule has 1 atom stereocenters. The Bertz CT molecular complexity index is 975. The minimum Gasteiger partial charge on any atom is -0.480 e. The van der Waals surface area contributed by atoms with Crippen LogP contribution in [0.1, 0.15) is 18.9 Å². The number of carbonyl (C=O) groups is 1. The Balaban J connectivity index is 1.48. The Hall–Kier alpha value is -1.88. The van der Waals surface area contributed by atoms with Crippen LogP contribution in [0.2, 0.25) is 10.0 Å². The maximum absolute atomic E-state index is 12.6. The first-order valence-corrected chi connectivity index (χ1v) is 11.4. The average Bonchev–Trinajstić information content (AvgIpc) is 2.73. The summed E-state index contributed by atoms with van der Waals surface area (Å²) < 4.78 is 6.04. The fraction of sp³-hybridized carbons (Fsp3) is 0.261. The van der Waals surface area contributed by atoms with Crippen LogP contribution in [0.3, 0.4) is 0 Å². The molecule has 29 heavy (non-hydrogen) atoms. The highest BCUT2D eigenvalue weighted by atomic mass is 35.5. The van der Waals surface area contributed by atoms with E-state index in [4.69, 9.17) is 27.9 Å². The summed E-state index contributed by atoms with van der Waals surface area (Å²) >= 11 is 13.8. The van der Waals surface area contributed by atoms with E-state index in [0.29, 0.717) is 23.0 Å². The highest BCUT2D eigenvalue weighted by molar-refractivity contribution is 7.98. The monoisotopic (exact) mass is 447 g/mol. The van der Waals surface area contributed by atoms with E-state index >= 15 is 0 Å². The quantitative estimate of drug-likeness (QED) is 0.388. The molecular formula is C23H23Cl2NO2S. The molecule has 0 aliphatic heterocycles. The lowest BCUT2D eigenvalue weighted by molar-refractivity contribution is -0.127. The van der Waals surface area contributed by atoms with Gasteiger partial charge >= 0.3 is 0 Å². The Morgan fingerprint density at radius 3 is 2.69 bits per heavy atom. The summed E-state index contributed by atoms with van der Waals surface area (Å²) in [6, 6.07) is 19.4. The van der Waals surface area contributed by atoms with Crippen LogP contribution in [0.15, 0.2) is 60.7 Å². The lowest BCUT2D eigenvalue weighted by Crippen LogP contribution is -2.39. The molecule has 0 saturated heterocycles. The van der Waals surface area contributed by atoms with Gasteiger partial charge in [0, 0.05) is 33.5 Å². The second-order valence-corrected chi connectivity index (χ2v) is 8.52. The van der Waals surface area contributed by atoms with E-state index in [1.165, 1.54) is 0 Å². The molecule has 1 N–H and O–H groups in total. The first-order valence-electron chi connectivity index (χ1n) is 9.52. The van der Waals surface area contributed by atoms with Crippen molar-refractivity contribution in [3.05, 3.63) is 76.3 Å². The van der Waals surface area contributed by atoms with Gasteiger partial charge in [-0.1, -0.05) is 72.6 Å². The number of hydrogen-bond donors (Lipinski definition) is 1. The van der Waals surface area contributed by atoms with Crippen LogP contribution in [0.25, 0.3) is 10.8 Å². The zero-order valence-electron chi connectivity index (χ0n) is 16.2. The highest BCUT2D eigenvalue weighted by Gasteiger charge is 2.18. The molecule has 0 fully saturated rings. The third kappa shape index (κ3) is 6.05. The second-order valence-electron chi connectivity index (χ2n) is 6.57. The molecule has 0 heterocycles. The van der Waals surface area contributed by atoms with Gasteiger partial charge in [0.2, 0.25) is 0 Å². The van der Waals surface area contributed by atoms with Crippen LogP contribution in [0, 0.1) is 0 Å². The lowest BCUT2D eigenvalue weighted by atomic mass is 10.1. The lowest BCUT2D eigenvalue weighted by Gasteiger charge is -2.18. The van der Waals surface area contributed by atoms with E-state index in [9.17, 15) is 4.79 Å². The molecule has 0 radical (unpaired) electrons. The average molecular weight is 448 g/mol.